The van der Waals surface area contributed by atoms with Crippen LogP contribution in [0.15, 0.2) is 36.5 Å². The number of anilines is 2. The standard InChI is InChI=1S/C21H26N4.C2H6/c1-2-10-25(9-1)14-15-7-8-22-20(11-15)24-21-13-18-12-17(16-3-4-16)5-6-19(18)23-21;1-2/h5-8,11-12,16,21,23H,1-4,9-10,13-14H2,(H,22,24);1-2H3. The summed E-state index contributed by atoms with van der Waals surface area (Å²) in [4.78, 5) is 7.06. The molecule has 0 amide bonds. The van der Waals surface area contributed by atoms with Crippen molar-refractivity contribution >= 4 is 11.5 Å². The Hall–Kier alpha value is -2.07. The van der Waals surface area contributed by atoms with Crippen LogP contribution in [0.1, 0.15) is 62.1 Å². The van der Waals surface area contributed by atoms with Crippen molar-refractivity contribution in [3.05, 3.63) is 53.2 Å². The van der Waals surface area contributed by atoms with Crippen LogP contribution < -0.4 is 10.6 Å². The first kappa shape index (κ1) is 18.3. The predicted molar refractivity (Wildman–Crippen MR) is 113 cm³/mol. The number of nitrogens with one attached hydrogen (secondary N) is 2. The molecule has 2 fully saturated rings. The number of hydrogen-bond acceptors (Lipinski definition) is 4. The zero-order valence-corrected chi connectivity index (χ0v) is 16.7. The Balaban J connectivity index is 0.000000872. The molecule has 5 rings (SSSR count). The van der Waals surface area contributed by atoms with E-state index in [1.165, 1.54) is 61.2 Å². The molecule has 1 saturated heterocycles. The summed E-state index contributed by atoms with van der Waals surface area (Å²) in [7, 11) is 0. The second kappa shape index (κ2) is 8.30. The Kier molecular flexibility index (Phi) is 5.63. The third kappa shape index (κ3) is 4.44. The zero-order chi connectivity index (χ0) is 18.6. The van der Waals surface area contributed by atoms with E-state index in [1.54, 1.807) is 0 Å². The van der Waals surface area contributed by atoms with Gasteiger partial charge in [-0.05, 0) is 79.6 Å². The fourth-order valence-corrected chi connectivity index (χ4v) is 4.17. The zero-order valence-electron chi connectivity index (χ0n) is 16.7. The summed E-state index contributed by atoms with van der Waals surface area (Å²) < 4.78 is 0. The van der Waals surface area contributed by atoms with Gasteiger partial charge in [0, 0.05) is 24.8 Å². The third-order valence-electron chi connectivity index (χ3n) is 5.68. The fourth-order valence-electron chi connectivity index (χ4n) is 4.17. The summed E-state index contributed by atoms with van der Waals surface area (Å²) in [6.07, 6.45) is 8.59. The molecule has 1 atom stereocenters. The van der Waals surface area contributed by atoms with Gasteiger partial charge < -0.3 is 10.6 Å². The van der Waals surface area contributed by atoms with Gasteiger partial charge >= 0.3 is 0 Å². The van der Waals surface area contributed by atoms with Crippen molar-refractivity contribution < 1.29 is 0 Å². The number of hydrogen-bond donors (Lipinski definition) is 2. The van der Waals surface area contributed by atoms with E-state index < -0.39 is 0 Å². The molecule has 1 aromatic carbocycles. The van der Waals surface area contributed by atoms with Gasteiger partial charge in [-0.1, -0.05) is 26.0 Å². The number of benzene rings is 1. The third-order valence-corrected chi connectivity index (χ3v) is 5.68. The number of likely N-dealkylation sites (tertiary alicyclic amines) is 1. The van der Waals surface area contributed by atoms with Gasteiger partial charge in [-0.2, -0.15) is 0 Å². The van der Waals surface area contributed by atoms with E-state index in [9.17, 15) is 0 Å². The van der Waals surface area contributed by atoms with Gasteiger partial charge in [0.1, 0.15) is 12.0 Å². The molecule has 4 nitrogen and oxygen atoms in total. The molecule has 4 heteroatoms. The van der Waals surface area contributed by atoms with Gasteiger partial charge in [0.15, 0.2) is 0 Å². The fraction of sp³-hybridized carbons (Fsp3) is 0.522. The van der Waals surface area contributed by atoms with Crippen LogP contribution in [-0.2, 0) is 13.0 Å². The van der Waals surface area contributed by atoms with Crippen molar-refractivity contribution in [3.8, 4) is 0 Å². The average molecular weight is 365 g/mol. The Bertz CT molecular complexity index is 763. The van der Waals surface area contributed by atoms with Crippen LogP contribution in [0.3, 0.4) is 0 Å². The van der Waals surface area contributed by atoms with E-state index in [2.05, 4.69) is 50.8 Å². The molecule has 0 spiro atoms. The van der Waals surface area contributed by atoms with Gasteiger partial charge in [0.25, 0.3) is 0 Å². The molecule has 1 aliphatic carbocycles. The number of fused-ring (bicyclic) bond motifs is 1. The minimum atomic E-state index is 0.235. The van der Waals surface area contributed by atoms with Crippen molar-refractivity contribution in [2.75, 3.05) is 23.7 Å². The van der Waals surface area contributed by atoms with Crippen molar-refractivity contribution in [2.24, 2.45) is 0 Å². The van der Waals surface area contributed by atoms with Gasteiger partial charge in [0.2, 0.25) is 0 Å². The van der Waals surface area contributed by atoms with Crippen LogP contribution in [0.4, 0.5) is 11.5 Å². The molecule has 2 N–H and O–H groups in total. The quantitative estimate of drug-likeness (QED) is 0.784. The minimum absolute atomic E-state index is 0.235. The first-order valence-electron chi connectivity index (χ1n) is 10.7. The Morgan fingerprint density at radius 1 is 1.11 bits per heavy atom. The van der Waals surface area contributed by atoms with E-state index in [0.29, 0.717) is 0 Å². The smallest absolute Gasteiger partial charge is 0.127 e. The van der Waals surface area contributed by atoms with E-state index in [0.717, 1.165) is 24.7 Å². The second-order valence-electron chi connectivity index (χ2n) is 7.77. The molecule has 0 bridgehead atoms. The van der Waals surface area contributed by atoms with Crippen LogP contribution in [0.25, 0.3) is 0 Å². The van der Waals surface area contributed by atoms with Crippen molar-refractivity contribution in [1.29, 1.82) is 0 Å². The maximum atomic E-state index is 4.53. The molecule has 1 unspecified atom stereocenters. The molecule has 1 aromatic heterocycles. The van der Waals surface area contributed by atoms with Gasteiger partial charge in [-0.3, -0.25) is 4.90 Å². The number of pyridine rings is 1. The first-order valence-corrected chi connectivity index (χ1v) is 10.7. The van der Waals surface area contributed by atoms with Crippen molar-refractivity contribution in [2.45, 2.75) is 64.6 Å². The second-order valence-corrected chi connectivity index (χ2v) is 7.77. The molecular weight excluding hydrogens is 332 g/mol. The summed E-state index contributed by atoms with van der Waals surface area (Å²) in [6.45, 7) is 7.50. The number of rotatable bonds is 5. The maximum absolute atomic E-state index is 4.53. The summed E-state index contributed by atoms with van der Waals surface area (Å²) in [5.74, 6) is 1.80. The molecule has 1 saturated carbocycles. The van der Waals surface area contributed by atoms with E-state index in [1.807, 2.05) is 20.0 Å². The lowest BCUT2D eigenvalue weighted by Crippen LogP contribution is -2.26. The van der Waals surface area contributed by atoms with Gasteiger partial charge in [-0.25, -0.2) is 4.98 Å². The van der Waals surface area contributed by atoms with Crippen LogP contribution in [-0.4, -0.2) is 29.1 Å². The first-order chi connectivity index (χ1) is 13.3. The molecule has 2 aromatic rings. The normalized spacial score (nSPS) is 21.2. The highest BCUT2D eigenvalue weighted by Crippen LogP contribution is 2.42. The van der Waals surface area contributed by atoms with Gasteiger partial charge in [-0.15, -0.1) is 0 Å². The van der Waals surface area contributed by atoms with Gasteiger partial charge in [0.05, 0.1) is 0 Å². The average Bonchev–Trinajstić information content (AvgIpc) is 3.28. The highest BCUT2D eigenvalue weighted by molar-refractivity contribution is 5.60. The van der Waals surface area contributed by atoms with Crippen LogP contribution in [0.5, 0.6) is 0 Å². The minimum Gasteiger partial charge on any atom is -0.365 e. The van der Waals surface area contributed by atoms with Crippen LogP contribution >= 0.6 is 0 Å². The maximum Gasteiger partial charge on any atom is 0.127 e. The molecule has 3 heterocycles. The Morgan fingerprint density at radius 2 is 1.93 bits per heavy atom. The molecule has 0 radical (unpaired) electrons. The predicted octanol–water partition coefficient (Wildman–Crippen LogP) is 4.99. The van der Waals surface area contributed by atoms with E-state index >= 15 is 0 Å². The lowest BCUT2D eigenvalue weighted by molar-refractivity contribution is 0.331. The lowest BCUT2D eigenvalue weighted by atomic mass is 10.0. The Morgan fingerprint density at radius 3 is 2.70 bits per heavy atom. The number of nitrogens with zero attached hydrogens (tertiary/aromatic N) is 2. The SMILES string of the molecule is CC.c1cc(CN2CCCC2)cc(NC2Cc3cc(C4CC4)ccc3N2)n1. The largest absolute Gasteiger partial charge is 0.365 e. The topological polar surface area (TPSA) is 40.2 Å². The molecule has 3 aliphatic rings. The van der Waals surface area contributed by atoms with Crippen LogP contribution in [0, 0.1) is 0 Å². The highest BCUT2D eigenvalue weighted by Gasteiger charge is 2.27. The molecule has 144 valence electrons. The lowest BCUT2D eigenvalue weighted by Gasteiger charge is -2.17. The summed E-state index contributed by atoms with van der Waals surface area (Å²) in [5, 5.41) is 7.18. The van der Waals surface area contributed by atoms with Crippen LogP contribution in [0.2, 0.25) is 0 Å². The van der Waals surface area contributed by atoms with E-state index in [4.69, 9.17) is 0 Å². The highest BCUT2D eigenvalue weighted by atomic mass is 15.2. The van der Waals surface area contributed by atoms with Crippen molar-refractivity contribution in [3.63, 3.8) is 0 Å². The van der Waals surface area contributed by atoms with E-state index in [-0.39, 0.29) is 6.17 Å². The monoisotopic (exact) mass is 364 g/mol. The molecular formula is C23H32N4. The van der Waals surface area contributed by atoms with Crippen molar-refractivity contribution in [1.82, 2.24) is 9.88 Å². The summed E-state index contributed by atoms with van der Waals surface area (Å²) in [5.41, 5.74) is 5.59. The summed E-state index contributed by atoms with van der Waals surface area (Å²) >= 11 is 0. The molecule has 2 aliphatic heterocycles. The molecule has 27 heavy (non-hydrogen) atoms. The number of aromatic nitrogens is 1. The summed E-state index contributed by atoms with van der Waals surface area (Å²) in [6, 6.07) is 11.3. The Labute approximate surface area is 163 Å².